The Balaban J connectivity index is 1.98. The van der Waals surface area contributed by atoms with Gasteiger partial charge in [0.15, 0.2) is 0 Å². The molecular weight excluding hydrogens is 380 g/mol. The molecule has 0 aliphatic carbocycles. The molecule has 0 spiro atoms. The smallest absolute Gasteiger partial charge is 0.363 e. The van der Waals surface area contributed by atoms with Gasteiger partial charge in [-0.1, -0.05) is 23.7 Å². The first kappa shape index (κ1) is 19.9. The van der Waals surface area contributed by atoms with Gasteiger partial charge in [0.25, 0.3) is 0 Å². The van der Waals surface area contributed by atoms with E-state index >= 15 is 0 Å². The first-order valence-corrected chi connectivity index (χ1v) is 9.25. The minimum absolute atomic E-state index is 0.0226. The molecule has 0 aliphatic heterocycles. The van der Waals surface area contributed by atoms with Crippen molar-refractivity contribution in [1.82, 2.24) is 9.78 Å². The van der Waals surface area contributed by atoms with Crippen molar-refractivity contribution in [3.63, 3.8) is 0 Å². The van der Waals surface area contributed by atoms with E-state index in [0.29, 0.717) is 22.8 Å². The van der Waals surface area contributed by atoms with Crippen LogP contribution in [-0.2, 0) is 17.9 Å². The molecule has 3 aromatic rings. The van der Waals surface area contributed by atoms with E-state index in [1.165, 1.54) is 0 Å². The summed E-state index contributed by atoms with van der Waals surface area (Å²) in [6.45, 7) is 6.15. The standard InChI is InChI=1S/C21H21ClN2O4/c1-5-24-16-10-12(2)13(3)18(22)17(16)20(25)19(23-24)21(26)28-11-14-6-8-15(27-4)9-7-14/h6-10H,5,11H2,1-4H3. The monoisotopic (exact) mass is 400 g/mol. The number of hydrogen-bond donors (Lipinski definition) is 0. The van der Waals surface area contributed by atoms with Gasteiger partial charge >= 0.3 is 5.97 Å². The van der Waals surface area contributed by atoms with Crippen LogP contribution in [0, 0.1) is 13.8 Å². The predicted molar refractivity (Wildman–Crippen MR) is 108 cm³/mol. The van der Waals surface area contributed by atoms with Gasteiger partial charge < -0.3 is 9.47 Å². The molecule has 0 amide bonds. The van der Waals surface area contributed by atoms with Crippen molar-refractivity contribution in [2.45, 2.75) is 33.9 Å². The zero-order valence-corrected chi connectivity index (χ0v) is 17.0. The average Bonchev–Trinajstić information content (AvgIpc) is 2.70. The Morgan fingerprint density at radius 1 is 1.21 bits per heavy atom. The fraction of sp³-hybridized carbons (Fsp3) is 0.286. The lowest BCUT2D eigenvalue weighted by molar-refractivity contribution is 0.0461. The molecule has 1 aromatic heterocycles. The third-order valence-electron chi connectivity index (χ3n) is 4.71. The maximum absolute atomic E-state index is 12.9. The third-order valence-corrected chi connectivity index (χ3v) is 5.18. The second-order valence-corrected chi connectivity index (χ2v) is 6.82. The van der Waals surface area contributed by atoms with Crippen LogP contribution in [0.2, 0.25) is 5.02 Å². The summed E-state index contributed by atoms with van der Waals surface area (Å²) in [5, 5.41) is 4.85. The van der Waals surface area contributed by atoms with Crippen molar-refractivity contribution in [2.75, 3.05) is 7.11 Å². The number of ether oxygens (including phenoxy) is 2. The van der Waals surface area contributed by atoms with E-state index in [0.717, 1.165) is 16.7 Å². The highest BCUT2D eigenvalue weighted by Gasteiger charge is 2.21. The highest BCUT2D eigenvalue weighted by molar-refractivity contribution is 6.36. The number of benzene rings is 2. The molecule has 0 saturated carbocycles. The average molecular weight is 401 g/mol. The number of aryl methyl sites for hydroxylation is 2. The highest BCUT2D eigenvalue weighted by Crippen LogP contribution is 2.27. The second-order valence-electron chi connectivity index (χ2n) is 6.44. The van der Waals surface area contributed by atoms with E-state index < -0.39 is 11.4 Å². The van der Waals surface area contributed by atoms with Gasteiger partial charge in [0.2, 0.25) is 11.1 Å². The Kier molecular flexibility index (Phi) is 5.70. The van der Waals surface area contributed by atoms with Gasteiger partial charge in [0.1, 0.15) is 12.4 Å². The van der Waals surface area contributed by atoms with Gasteiger partial charge in [0, 0.05) is 6.54 Å². The molecular formula is C21H21ClN2O4. The lowest BCUT2D eigenvalue weighted by atomic mass is 10.1. The first-order valence-electron chi connectivity index (χ1n) is 8.88. The molecule has 3 rings (SSSR count). The third kappa shape index (κ3) is 3.60. The van der Waals surface area contributed by atoms with Crippen LogP contribution < -0.4 is 10.2 Å². The summed E-state index contributed by atoms with van der Waals surface area (Å²) in [7, 11) is 1.58. The van der Waals surface area contributed by atoms with Crippen molar-refractivity contribution in [2.24, 2.45) is 0 Å². The van der Waals surface area contributed by atoms with Crippen LogP contribution in [0.25, 0.3) is 10.9 Å². The Labute approximate surface area is 167 Å². The topological polar surface area (TPSA) is 70.4 Å². The second kappa shape index (κ2) is 8.02. The molecule has 2 aromatic carbocycles. The number of nitrogens with zero attached hydrogens (tertiary/aromatic N) is 2. The minimum Gasteiger partial charge on any atom is -0.497 e. The zero-order chi connectivity index (χ0) is 20.4. The molecule has 0 N–H and O–H groups in total. The Bertz CT molecular complexity index is 1100. The van der Waals surface area contributed by atoms with E-state index in [1.807, 2.05) is 26.8 Å². The lowest BCUT2D eigenvalue weighted by Crippen LogP contribution is -2.25. The van der Waals surface area contributed by atoms with Gasteiger partial charge in [-0.15, -0.1) is 0 Å². The number of aromatic nitrogens is 2. The van der Waals surface area contributed by atoms with Crippen molar-refractivity contribution in [1.29, 1.82) is 0 Å². The Morgan fingerprint density at radius 2 is 1.89 bits per heavy atom. The maximum atomic E-state index is 12.9. The lowest BCUT2D eigenvalue weighted by Gasteiger charge is -2.14. The van der Waals surface area contributed by atoms with Crippen LogP contribution >= 0.6 is 11.6 Å². The largest absolute Gasteiger partial charge is 0.497 e. The number of halogens is 1. The van der Waals surface area contributed by atoms with Crippen LogP contribution in [0.1, 0.15) is 34.1 Å². The van der Waals surface area contributed by atoms with E-state index in [1.54, 1.807) is 36.1 Å². The number of methoxy groups -OCH3 is 1. The summed E-state index contributed by atoms with van der Waals surface area (Å²) < 4.78 is 12.0. The summed E-state index contributed by atoms with van der Waals surface area (Å²) >= 11 is 6.44. The van der Waals surface area contributed by atoms with Crippen LogP contribution in [0.15, 0.2) is 35.1 Å². The summed E-state index contributed by atoms with van der Waals surface area (Å²) in [6.07, 6.45) is 0. The highest BCUT2D eigenvalue weighted by atomic mass is 35.5. The number of carbonyl (C=O) groups excluding carboxylic acids is 1. The molecule has 0 aliphatic rings. The van der Waals surface area contributed by atoms with Gasteiger partial charge in [-0.05, 0) is 55.7 Å². The Hall–Kier alpha value is -2.86. The normalized spacial score (nSPS) is 10.9. The van der Waals surface area contributed by atoms with Crippen LogP contribution in [0.3, 0.4) is 0 Å². The van der Waals surface area contributed by atoms with Gasteiger partial charge in [-0.2, -0.15) is 5.10 Å². The number of fused-ring (bicyclic) bond motifs is 1. The van der Waals surface area contributed by atoms with Crippen LogP contribution in [0.5, 0.6) is 5.75 Å². The van der Waals surface area contributed by atoms with E-state index in [-0.39, 0.29) is 17.7 Å². The summed E-state index contributed by atoms with van der Waals surface area (Å²) in [5.41, 5.74) is 2.34. The van der Waals surface area contributed by atoms with E-state index in [9.17, 15) is 9.59 Å². The SMILES string of the molecule is CCn1nc(C(=O)OCc2ccc(OC)cc2)c(=O)c2c(Cl)c(C)c(C)cc21. The molecule has 146 valence electrons. The summed E-state index contributed by atoms with van der Waals surface area (Å²) in [6, 6.07) is 8.97. The molecule has 0 saturated heterocycles. The first-order chi connectivity index (χ1) is 13.4. The Morgan fingerprint density at radius 3 is 2.50 bits per heavy atom. The van der Waals surface area contributed by atoms with Crippen LogP contribution in [-0.4, -0.2) is 22.9 Å². The molecule has 7 heteroatoms. The van der Waals surface area contributed by atoms with E-state index in [2.05, 4.69) is 5.10 Å². The van der Waals surface area contributed by atoms with Crippen molar-refractivity contribution in [3.05, 3.63) is 68.0 Å². The van der Waals surface area contributed by atoms with Crippen LogP contribution in [0.4, 0.5) is 0 Å². The minimum atomic E-state index is -0.779. The number of hydrogen-bond acceptors (Lipinski definition) is 5. The molecule has 0 radical (unpaired) electrons. The molecule has 6 nitrogen and oxygen atoms in total. The van der Waals surface area contributed by atoms with Crippen molar-refractivity contribution in [3.8, 4) is 5.75 Å². The fourth-order valence-corrected chi connectivity index (χ4v) is 3.26. The maximum Gasteiger partial charge on any atom is 0.363 e. The molecule has 0 fully saturated rings. The summed E-state index contributed by atoms with van der Waals surface area (Å²) in [5.74, 6) is -0.0726. The predicted octanol–water partition coefficient (Wildman–Crippen LogP) is 4.05. The van der Waals surface area contributed by atoms with Crippen molar-refractivity contribution < 1.29 is 14.3 Å². The van der Waals surface area contributed by atoms with Gasteiger partial charge in [0.05, 0.1) is 23.0 Å². The molecule has 0 bridgehead atoms. The molecule has 28 heavy (non-hydrogen) atoms. The number of esters is 1. The quantitative estimate of drug-likeness (QED) is 0.604. The number of carbonyl (C=O) groups is 1. The zero-order valence-electron chi connectivity index (χ0n) is 16.2. The molecule has 1 heterocycles. The fourth-order valence-electron chi connectivity index (χ4n) is 2.93. The van der Waals surface area contributed by atoms with E-state index in [4.69, 9.17) is 21.1 Å². The molecule has 0 unspecified atom stereocenters. The summed E-state index contributed by atoms with van der Waals surface area (Å²) in [4.78, 5) is 25.5. The van der Waals surface area contributed by atoms with Gasteiger partial charge in [-0.3, -0.25) is 9.48 Å². The number of rotatable bonds is 5. The molecule has 0 atom stereocenters. The van der Waals surface area contributed by atoms with Crippen molar-refractivity contribution >= 4 is 28.5 Å². The van der Waals surface area contributed by atoms with Gasteiger partial charge in [-0.25, -0.2) is 4.79 Å².